The summed E-state index contributed by atoms with van der Waals surface area (Å²) in [6.45, 7) is 0.0988. The zero-order chi connectivity index (χ0) is 15.6. The van der Waals surface area contributed by atoms with Crippen LogP contribution < -0.4 is 4.90 Å². The van der Waals surface area contributed by atoms with Crippen LogP contribution in [0.25, 0.3) is 0 Å². The zero-order valence-electron chi connectivity index (χ0n) is 10.9. The first-order valence-electron chi connectivity index (χ1n) is 5.84. The minimum Gasteiger partial charge on any atom is -0.478 e. The number of hydrogen-bond donors (Lipinski definition) is 1. The molecule has 2 aromatic rings. The van der Waals surface area contributed by atoms with E-state index in [1.165, 1.54) is 18.2 Å². The summed E-state index contributed by atoms with van der Waals surface area (Å²) < 4.78 is 43.2. The van der Waals surface area contributed by atoms with Gasteiger partial charge in [0.15, 0.2) is 0 Å². The second kappa shape index (κ2) is 5.47. The molecule has 0 aliphatic carbocycles. The molecule has 2 heterocycles. The number of furan rings is 1. The van der Waals surface area contributed by atoms with Gasteiger partial charge in [0.05, 0.1) is 12.8 Å². The quantitative estimate of drug-likeness (QED) is 0.940. The standard InChI is InChI=1S/C13H11F3N2O3/c1-18(7-8-3-2-6-21-8)11-9(12(19)20)4-5-10(17-11)13(14,15)16/h2-6H,7H2,1H3,(H,19,20). The topological polar surface area (TPSA) is 66.6 Å². The van der Waals surface area contributed by atoms with Crippen LogP contribution in [0.3, 0.4) is 0 Å². The third-order valence-electron chi connectivity index (χ3n) is 2.73. The molecule has 0 fully saturated rings. The maximum absolute atomic E-state index is 12.7. The molecule has 0 aliphatic heterocycles. The molecule has 0 unspecified atom stereocenters. The van der Waals surface area contributed by atoms with E-state index in [0.717, 1.165) is 6.07 Å². The van der Waals surface area contributed by atoms with Crippen LogP contribution in [0.1, 0.15) is 21.8 Å². The van der Waals surface area contributed by atoms with Crippen molar-refractivity contribution in [3.63, 3.8) is 0 Å². The molecule has 0 bridgehead atoms. The van der Waals surface area contributed by atoms with Gasteiger partial charge in [-0.1, -0.05) is 0 Å². The van der Waals surface area contributed by atoms with Crippen molar-refractivity contribution in [3.05, 3.63) is 47.5 Å². The van der Waals surface area contributed by atoms with Crippen LogP contribution in [0.15, 0.2) is 34.9 Å². The molecule has 0 radical (unpaired) electrons. The number of pyridine rings is 1. The van der Waals surface area contributed by atoms with E-state index in [1.54, 1.807) is 12.1 Å². The van der Waals surface area contributed by atoms with Gasteiger partial charge in [0.1, 0.15) is 22.8 Å². The molecular weight excluding hydrogens is 289 g/mol. The SMILES string of the molecule is CN(Cc1ccco1)c1nc(C(F)(F)F)ccc1C(=O)O. The van der Waals surface area contributed by atoms with Crippen LogP contribution in [-0.4, -0.2) is 23.1 Å². The van der Waals surface area contributed by atoms with Crippen LogP contribution >= 0.6 is 0 Å². The summed E-state index contributed by atoms with van der Waals surface area (Å²) >= 11 is 0. The van der Waals surface area contributed by atoms with Crippen molar-refractivity contribution in [2.24, 2.45) is 0 Å². The van der Waals surface area contributed by atoms with Gasteiger partial charge in [-0.15, -0.1) is 0 Å². The number of carbonyl (C=O) groups is 1. The fraction of sp³-hybridized carbons (Fsp3) is 0.231. The van der Waals surface area contributed by atoms with Gasteiger partial charge < -0.3 is 14.4 Å². The molecule has 21 heavy (non-hydrogen) atoms. The van der Waals surface area contributed by atoms with Crippen LogP contribution in [0.5, 0.6) is 0 Å². The summed E-state index contributed by atoms with van der Waals surface area (Å²) in [5.41, 5.74) is -1.45. The van der Waals surface area contributed by atoms with Gasteiger partial charge in [-0.25, -0.2) is 9.78 Å². The lowest BCUT2D eigenvalue weighted by Gasteiger charge is -2.20. The van der Waals surface area contributed by atoms with Gasteiger partial charge >= 0.3 is 12.1 Å². The predicted octanol–water partition coefficient (Wildman–Crippen LogP) is 3.03. The van der Waals surface area contributed by atoms with Crippen LogP contribution in [0.2, 0.25) is 0 Å². The zero-order valence-corrected chi connectivity index (χ0v) is 10.9. The Bertz CT molecular complexity index is 639. The summed E-state index contributed by atoms with van der Waals surface area (Å²) in [6.07, 6.45) is -3.22. The Morgan fingerprint density at radius 3 is 2.62 bits per heavy atom. The van der Waals surface area contributed by atoms with Crippen LogP contribution in [-0.2, 0) is 12.7 Å². The molecule has 112 valence electrons. The number of aromatic carboxylic acids is 1. The number of carboxylic acids is 1. The molecule has 2 rings (SSSR count). The maximum Gasteiger partial charge on any atom is 0.433 e. The maximum atomic E-state index is 12.7. The number of halogens is 3. The monoisotopic (exact) mass is 300 g/mol. The lowest BCUT2D eigenvalue weighted by molar-refractivity contribution is -0.141. The van der Waals surface area contributed by atoms with Crippen molar-refractivity contribution in [1.29, 1.82) is 0 Å². The number of aromatic nitrogens is 1. The highest BCUT2D eigenvalue weighted by molar-refractivity contribution is 5.93. The lowest BCUT2D eigenvalue weighted by Crippen LogP contribution is -2.22. The molecule has 5 nitrogen and oxygen atoms in total. The Labute approximate surface area is 117 Å². The molecule has 0 spiro atoms. The molecular formula is C13H11F3N2O3. The van der Waals surface area contributed by atoms with Gasteiger partial charge in [-0.05, 0) is 24.3 Å². The number of nitrogens with zero attached hydrogens (tertiary/aromatic N) is 2. The van der Waals surface area contributed by atoms with Crippen molar-refractivity contribution in [2.45, 2.75) is 12.7 Å². The molecule has 0 saturated heterocycles. The second-order valence-corrected chi connectivity index (χ2v) is 4.31. The first-order valence-corrected chi connectivity index (χ1v) is 5.84. The van der Waals surface area contributed by atoms with E-state index in [9.17, 15) is 18.0 Å². The van der Waals surface area contributed by atoms with E-state index in [1.807, 2.05) is 0 Å². The minimum absolute atomic E-state index is 0.0988. The molecule has 1 N–H and O–H groups in total. The Morgan fingerprint density at radius 1 is 1.38 bits per heavy atom. The van der Waals surface area contributed by atoms with Crippen molar-refractivity contribution in [3.8, 4) is 0 Å². The van der Waals surface area contributed by atoms with Crippen molar-refractivity contribution >= 4 is 11.8 Å². The highest BCUT2D eigenvalue weighted by Gasteiger charge is 2.34. The highest BCUT2D eigenvalue weighted by Crippen LogP contribution is 2.30. The van der Waals surface area contributed by atoms with Crippen molar-refractivity contribution in [1.82, 2.24) is 4.98 Å². The Hall–Kier alpha value is -2.51. The van der Waals surface area contributed by atoms with E-state index >= 15 is 0 Å². The molecule has 0 saturated carbocycles. The first-order chi connectivity index (χ1) is 9.79. The van der Waals surface area contributed by atoms with Gasteiger partial charge in [-0.3, -0.25) is 0 Å². The van der Waals surface area contributed by atoms with Crippen LogP contribution in [0.4, 0.5) is 19.0 Å². The predicted molar refractivity (Wildman–Crippen MR) is 67.0 cm³/mol. The molecule has 8 heteroatoms. The normalized spacial score (nSPS) is 11.4. The smallest absolute Gasteiger partial charge is 0.433 e. The number of alkyl halides is 3. The second-order valence-electron chi connectivity index (χ2n) is 4.31. The van der Waals surface area contributed by atoms with E-state index in [0.29, 0.717) is 11.8 Å². The van der Waals surface area contributed by atoms with E-state index < -0.39 is 17.8 Å². The summed E-state index contributed by atoms with van der Waals surface area (Å²) in [5.74, 6) is -1.14. The van der Waals surface area contributed by atoms with E-state index in [2.05, 4.69) is 4.98 Å². The van der Waals surface area contributed by atoms with Crippen LogP contribution in [0, 0.1) is 0 Å². The largest absolute Gasteiger partial charge is 0.478 e. The van der Waals surface area contributed by atoms with Crippen molar-refractivity contribution in [2.75, 3.05) is 11.9 Å². The Balaban J connectivity index is 2.40. The summed E-state index contributed by atoms with van der Waals surface area (Å²) in [6, 6.07) is 4.80. The summed E-state index contributed by atoms with van der Waals surface area (Å²) in [4.78, 5) is 15.8. The number of hydrogen-bond acceptors (Lipinski definition) is 4. The van der Waals surface area contributed by atoms with E-state index in [4.69, 9.17) is 9.52 Å². The fourth-order valence-corrected chi connectivity index (χ4v) is 1.78. The Morgan fingerprint density at radius 2 is 2.10 bits per heavy atom. The number of carboxylic acid groups (broad SMARTS) is 1. The van der Waals surface area contributed by atoms with Gasteiger partial charge in [0.2, 0.25) is 0 Å². The Kier molecular flexibility index (Phi) is 3.88. The van der Waals surface area contributed by atoms with Gasteiger partial charge in [0.25, 0.3) is 0 Å². The number of rotatable bonds is 4. The summed E-state index contributed by atoms with van der Waals surface area (Å²) in [5, 5.41) is 9.06. The molecule has 0 amide bonds. The van der Waals surface area contributed by atoms with Crippen molar-refractivity contribution < 1.29 is 27.5 Å². The van der Waals surface area contributed by atoms with E-state index in [-0.39, 0.29) is 17.9 Å². The third kappa shape index (κ3) is 3.33. The minimum atomic E-state index is -4.64. The number of anilines is 1. The highest BCUT2D eigenvalue weighted by atomic mass is 19.4. The molecule has 0 aliphatic rings. The average Bonchev–Trinajstić information content (AvgIpc) is 2.89. The van der Waals surface area contributed by atoms with Gasteiger partial charge in [0, 0.05) is 7.05 Å². The molecule has 2 aromatic heterocycles. The lowest BCUT2D eigenvalue weighted by atomic mass is 10.2. The summed E-state index contributed by atoms with van der Waals surface area (Å²) in [7, 11) is 1.44. The average molecular weight is 300 g/mol. The first kappa shape index (κ1) is 14.9. The molecule has 0 aromatic carbocycles. The molecule has 0 atom stereocenters. The third-order valence-corrected chi connectivity index (χ3v) is 2.73. The van der Waals surface area contributed by atoms with Gasteiger partial charge in [-0.2, -0.15) is 13.2 Å². The fourth-order valence-electron chi connectivity index (χ4n) is 1.78.